The van der Waals surface area contributed by atoms with Gasteiger partial charge in [-0.05, 0) is 25.1 Å². The monoisotopic (exact) mass is 295 g/mol. The van der Waals surface area contributed by atoms with Crippen LogP contribution in [0.25, 0.3) is 0 Å². The lowest BCUT2D eigenvalue weighted by Crippen LogP contribution is -2.07. The van der Waals surface area contributed by atoms with E-state index in [0.717, 1.165) is 5.56 Å². The molecule has 0 N–H and O–H groups in total. The van der Waals surface area contributed by atoms with Crippen molar-refractivity contribution in [2.24, 2.45) is 0 Å². The second-order valence-electron chi connectivity index (χ2n) is 4.02. The summed E-state index contributed by atoms with van der Waals surface area (Å²) >= 11 is 11.8. The van der Waals surface area contributed by atoms with Gasteiger partial charge in [-0.1, -0.05) is 34.8 Å². The van der Waals surface area contributed by atoms with Crippen LogP contribution < -0.4 is 4.74 Å². The number of rotatable bonds is 3. The van der Waals surface area contributed by atoms with E-state index < -0.39 is 0 Å². The Morgan fingerprint density at radius 3 is 2.63 bits per heavy atom. The molecular weight excluding hydrogens is 285 g/mol. The number of aryl methyl sites for hydroxylation is 1. The highest BCUT2D eigenvalue weighted by Crippen LogP contribution is 2.26. The molecule has 0 saturated heterocycles. The predicted molar refractivity (Wildman–Crippen MR) is 75.4 cm³/mol. The first-order chi connectivity index (χ1) is 9.02. The van der Waals surface area contributed by atoms with Crippen molar-refractivity contribution >= 4 is 29.0 Å². The van der Waals surface area contributed by atoms with Crippen LogP contribution in [0.4, 0.5) is 0 Å². The molecule has 0 aliphatic rings. The van der Waals surface area contributed by atoms with Crippen LogP contribution in [0.2, 0.25) is 10.0 Å². The zero-order chi connectivity index (χ0) is 14.0. The molecule has 0 radical (unpaired) electrons. The van der Waals surface area contributed by atoms with Crippen LogP contribution in [0.15, 0.2) is 30.5 Å². The number of methoxy groups -OCH3 is 1. The first kappa shape index (κ1) is 13.8. The number of hydrogen-bond acceptors (Lipinski definition) is 3. The van der Waals surface area contributed by atoms with Crippen LogP contribution in [0.5, 0.6) is 5.75 Å². The smallest absolute Gasteiger partial charge is 0.216 e. The number of ether oxygens (including phenoxy) is 1. The number of nitrogens with zero attached hydrogens (tertiary/aromatic N) is 1. The minimum atomic E-state index is -0.290. The molecule has 1 aromatic heterocycles. The molecular formula is C14H11Cl2NO2. The molecule has 0 aliphatic carbocycles. The molecule has 3 nitrogen and oxygen atoms in total. The van der Waals surface area contributed by atoms with Crippen molar-refractivity contribution in [3.63, 3.8) is 0 Å². The van der Waals surface area contributed by atoms with Crippen molar-refractivity contribution in [1.29, 1.82) is 0 Å². The molecule has 0 amide bonds. The van der Waals surface area contributed by atoms with Gasteiger partial charge < -0.3 is 4.74 Å². The Labute approximate surface area is 121 Å². The summed E-state index contributed by atoms with van der Waals surface area (Å²) in [5.41, 5.74) is 1.54. The van der Waals surface area contributed by atoms with Gasteiger partial charge >= 0.3 is 0 Å². The quantitative estimate of drug-likeness (QED) is 0.805. The van der Waals surface area contributed by atoms with Gasteiger partial charge in [0.05, 0.1) is 22.7 Å². The third kappa shape index (κ3) is 2.88. The van der Waals surface area contributed by atoms with Crippen LogP contribution in [-0.4, -0.2) is 17.9 Å². The maximum absolute atomic E-state index is 12.4. The first-order valence-corrected chi connectivity index (χ1v) is 6.29. The molecule has 2 aromatic rings. The molecule has 5 heteroatoms. The van der Waals surface area contributed by atoms with Gasteiger partial charge in [-0.2, -0.15) is 0 Å². The molecule has 0 aliphatic heterocycles. The molecule has 0 spiro atoms. The highest BCUT2D eigenvalue weighted by Gasteiger charge is 2.19. The number of halogens is 2. The number of pyridine rings is 1. The Morgan fingerprint density at radius 2 is 2.00 bits per heavy atom. The highest BCUT2D eigenvalue weighted by atomic mass is 35.5. The lowest BCUT2D eigenvalue weighted by Gasteiger charge is -2.09. The van der Waals surface area contributed by atoms with E-state index in [0.29, 0.717) is 16.3 Å². The fraction of sp³-hybridized carbons (Fsp3) is 0.143. The fourth-order valence-electron chi connectivity index (χ4n) is 1.71. The summed E-state index contributed by atoms with van der Waals surface area (Å²) in [7, 11) is 1.51. The number of benzene rings is 1. The molecule has 0 atom stereocenters. The third-order valence-corrected chi connectivity index (χ3v) is 3.12. The lowest BCUT2D eigenvalue weighted by molar-refractivity contribution is 0.103. The summed E-state index contributed by atoms with van der Waals surface area (Å²) in [5.74, 6) is 0.200. The lowest BCUT2D eigenvalue weighted by atomic mass is 10.0. The Kier molecular flexibility index (Phi) is 4.08. The Balaban J connectivity index is 2.52. The summed E-state index contributed by atoms with van der Waals surface area (Å²) in [5, 5.41) is 0.610. The van der Waals surface area contributed by atoms with Crippen LogP contribution >= 0.6 is 23.2 Å². The van der Waals surface area contributed by atoms with Gasteiger partial charge in [-0.25, -0.2) is 4.98 Å². The van der Waals surface area contributed by atoms with Crippen molar-refractivity contribution in [3.8, 4) is 5.75 Å². The van der Waals surface area contributed by atoms with Crippen LogP contribution in [-0.2, 0) is 0 Å². The van der Waals surface area contributed by atoms with E-state index in [4.69, 9.17) is 27.9 Å². The van der Waals surface area contributed by atoms with E-state index in [2.05, 4.69) is 4.98 Å². The zero-order valence-electron chi connectivity index (χ0n) is 10.4. The second-order valence-corrected chi connectivity index (χ2v) is 4.86. The summed E-state index contributed by atoms with van der Waals surface area (Å²) in [6, 6.07) is 6.85. The highest BCUT2D eigenvalue weighted by molar-refractivity contribution is 6.37. The standard InChI is InChI=1S/C14H11Cl2NO2/c1-8-3-4-12(19-2)10(5-8)14(18)13-11(16)6-9(15)7-17-13/h3-7H,1-2H3. The number of ketones is 1. The van der Waals surface area contributed by atoms with Crippen LogP contribution in [0.1, 0.15) is 21.6 Å². The molecule has 0 fully saturated rings. The number of carbonyl (C=O) groups is 1. The molecule has 0 unspecified atom stereocenters. The minimum absolute atomic E-state index is 0.162. The van der Waals surface area contributed by atoms with E-state index in [1.807, 2.05) is 13.0 Å². The molecule has 1 aromatic carbocycles. The van der Waals surface area contributed by atoms with Crippen molar-refractivity contribution in [1.82, 2.24) is 4.98 Å². The molecule has 19 heavy (non-hydrogen) atoms. The van der Waals surface area contributed by atoms with Gasteiger partial charge in [-0.15, -0.1) is 0 Å². The largest absolute Gasteiger partial charge is 0.496 e. The predicted octanol–water partition coefficient (Wildman–Crippen LogP) is 3.94. The summed E-state index contributed by atoms with van der Waals surface area (Å²) < 4.78 is 5.19. The maximum Gasteiger partial charge on any atom is 0.216 e. The minimum Gasteiger partial charge on any atom is -0.496 e. The summed E-state index contributed by atoms with van der Waals surface area (Å²) in [4.78, 5) is 16.4. The van der Waals surface area contributed by atoms with Crippen LogP contribution in [0, 0.1) is 6.92 Å². The molecule has 1 heterocycles. The molecule has 0 bridgehead atoms. The maximum atomic E-state index is 12.4. The van der Waals surface area contributed by atoms with Crippen LogP contribution in [0.3, 0.4) is 0 Å². The Hall–Kier alpha value is -1.58. The summed E-state index contributed by atoms with van der Waals surface area (Å²) in [6.45, 7) is 1.90. The van der Waals surface area contributed by atoms with Gasteiger partial charge in [0.25, 0.3) is 0 Å². The van der Waals surface area contributed by atoms with Gasteiger partial charge in [0.15, 0.2) is 0 Å². The first-order valence-electron chi connectivity index (χ1n) is 5.53. The van der Waals surface area contributed by atoms with Crippen molar-refractivity contribution in [3.05, 3.63) is 57.3 Å². The number of carbonyl (C=O) groups excluding carboxylic acids is 1. The van der Waals surface area contributed by atoms with Crippen molar-refractivity contribution in [2.45, 2.75) is 6.92 Å². The summed E-state index contributed by atoms with van der Waals surface area (Å²) in [6.07, 6.45) is 1.39. The average Bonchev–Trinajstić information content (AvgIpc) is 2.38. The molecule has 0 saturated carbocycles. The van der Waals surface area contributed by atoms with Gasteiger partial charge in [0.2, 0.25) is 5.78 Å². The normalized spacial score (nSPS) is 10.3. The van der Waals surface area contributed by atoms with Gasteiger partial charge in [0, 0.05) is 6.20 Å². The van der Waals surface area contributed by atoms with E-state index in [-0.39, 0.29) is 16.5 Å². The zero-order valence-corrected chi connectivity index (χ0v) is 11.9. The van der Waals surface area contributed by atoms with E-state index in [1.54, 1.807) is 12.1 Å². The fourth-order valence-corrected chi connectivity index (χ4v) is 2.17. The average molecular weight is 296 g/mol. The van der Waals surface area contributed by atoms with Gasteiger partial charge in [-0.3, -0.25) is 4.79 Å². The SMILES string of the molecule is COc1ccc(C)cc1C(=O)c1ncc(Cl)cc1Cl. The van der Waals surface area contributed by atoms with Crippen molar-refractivity contribution in [2.75, 3.05) is 7.11 Å². The Bertz CT molecular complexity index is 641. The molecule has 98 valence electrons. The number of hydrogen-bond donors (Lipinski definition) is 0. The second kappa shape index (κ2) is 5.59. The number of aromatic nitrogens is 1. The van der Waals surface area contributed by atoms with E-state index >= 15 is 0 Å². The third-order valence-electron chi connectivity index (χ3n) is 2.62. The topological polar surface area (TPSA) is 39.2 Å². The van der Waals surface area contributed by atoms with E-state index in [9.17, 15) is 4.79 Å². The van der Waals surface area contributed by atoms with Gasteiger partial charge in [0.1, 0.15) is 11.4 Å². The van der Waals surface area contributed by atoms with E-state index in [1.165, 1.54) is 19.4 Å². The van der Waals surface area contributed by atoms with Crippen molar-refractivity contribution < 1.29 is 9.53 Å². The molecule has 2 rings (SSSR count). The Morgan fingerprint density at radius 1 is 1.26 bits per heavy atom.